The molecule has 2 aromatic rings. The van der Waals surface area contributed by atoms with Gasteiger partial charge in [-0.15, -0.1) is 11.3 Å². The van der Waals surface area contributed by atoms with Gasteiger partial charge in [0, 0.05) is 38.7 Å². The number of thiophene rings is 1. The number of rotatable bonds is 8. The van der Waals surface area contributed by atoms with Crippen molar-refractivity contribution < 1.29 is 23.0 Å². The van der Waals surface area contributed by atoms with Gasteiger partial charge in [-0.2, -0.15) is 0 Å². The monoisotopic (exact) mass is 477 g/mol. The minimum Gasteiger partial charge on any atom is -0.464 e. The highest BCUT2D eigenvalue weighted by atomic mass is 32.1. The standard InChI is InChI=1S/C26H33F2NO3S/c1-6-31-24(30)22(32-25(3,4)5)20-17(2)33-23(19-9-13-29-14-10-19)21(20)18-7-11-26(15-27,16-28)12-8-18/h7,9-10,13-14,22H,6,8,11-12,15-16H2,1-5H3. The molecule has 0 fully saturated rings. The van der Waals surface area contributed by atoms with E-state index in [9.17, 15) is 13.6 Å². The van der Waals surface area contributed by atoms with Crippen molar-refractivity contribution in [3.8, 4) is 10.4 Å². The number of alkyl halides is 2. The summed E-state index contributed by atoms with van der Waals surface area (Å²) >= 11 is 1.58. The number of aromatic nitrogens is 1. The molecule has 0 amide bonds. The van der Waals surface area contributed by atoms with Crippen LogP contribution >= 0.6 is 11.3 Å². The Morgan fingerprint density at radius 1 is 1.24 bits per heavy atom. The summed E-state index contributed by atoms with van der Waals surface area (Å²) in [5, 5.41) is 0. The van der Waals surface area contributed by atoms with Gasteiger partial charge in [-0.3, -0.25) is 13.8 Å². The number of halogens is 2. The maximum Gasteiger partial charge on any atom is 0.340 e. The molecule has 1 aliphatic rings. The number of carbonyl (C=O) groups excluding carboxylic acids is 1. The Morgan fingerprint density at radius 2 is 1.91 bits per heavy atom. The van der Waals surface area contributed by atoms with Gasteiger partial charge in [0.2, 0.25) is 0 Å². The van der Waals surface area contributed by atoms with Crippen LogP contribution in [0.1, 0.15) is 69.1 Å². The number of nitrogens with zero attached hydrogens (tertiary/aromatic N) is 1. The average Bonchev–Trinajstić information content (AvgIpc) is 3.14. The average molecular weight is 478 g/mol. The first kappa shape index (κ1) is 25.5. The highest BCUT2D eigenvalue weighted by Gasteiger charge is 2.38. The second-order valence-corrected chi connectivity index (χ2v) is 10.8. The topological polar surface area (TPSA) is 48.4 Å². The van der Waals surface area contributed by atoms with E-state index < -0.39 is 36.4 Å². The molecule has 1 aliphatic carbocycles. The highest BCUT2D eigenvalue weighted by molar-refractivity contribution is 7.16. The summed E-state index contributed by atoms with van der Waals surface area (Å²) in [6, 6.07) is 3.86. The molecule has 0 saturated heterocycles. The second kappa shape index (κ2) is 10.4. The first-order valence-corrected chi connectivity index (χ1v) is 12.2. The van der Waals surface area contributed by atoms with Crippen molar-refractivity contribution in [3.63, 3.8) is 0 Å². The SMILES string of the molecule is CCOC(=O)C(OC(C)(C)C)c1c(C)sc(-c2ccncc2)c1C1=CCC(CF)(CF)CC1. The molecule has 2 aromatic heterocycles. The molecule has 7 heteroatoms. The summed E-state index contributed by atoms with van der Waals surface area (Å²) in [6.07, 6.45) is 5.77. The van der Waals surface area contributed by atoms with E-state index in [0.717, 1.165) is 32.0 Å². The molecular formula is C26H33F2NO3S. The second-order valence-electron chi connectivity index (χ2n) is 9.57. The molecule has 4 nitrogen and oxygen atoms in total. The predicted molar refractivity (Wildman–Crippen MR) is 129 cm³/mol. The third-order valence-corrected chi connectivity index (χ3v) is 7.07. The van der Waals surface area contributed by atoms with Crippen LogP contribution in [0.3, 0.4) is 0 Å². The van der Waals surface area contributed by atoms with Crippen molar-refractivity contribution >= 4 is 22.9 Å². The molecule has 1 atom stereocenters. The van der Waals surface area contributed by atoms with Gasteiger partial charge < -0.3 is 9.47 Å². The zero-order valence-corrected chi connectivity index (χ0v) is 20.9. The van der Waals surface area contributed by atoms with Crippen LogP contribution in [0.15, 0.2) is 30.6 Å². The van der Waals surface area contributed by atoms with Crippen molar-refractivity contribution in [2.45, 2.75) is 65.6 Å². The number of pyridine rings is 1. The van der Waals surface area contributed by atoms with Gasteiger partial charge in [-0.1, -0.05) is 6.08 Å². The summed E-state index contributed by atoms with van der Waals surface area (Å²) in [5.74, 6) is -0.436. The summed E-state index contributed by atoms with van der Waals surface area (Å²) in [7, 11) is 0. The van der Waals surface area contributed by atoms with Crippen molar-refractivity contribution in [1.82, 2.24) is 4.98 Å². The molecule has 0 spiro atoms. The Morgan fingerprint density at radius 3 is 2.42 bits per heavy atom. The van der Waals surface area contributed by atoms with Crippen LogP contribution < -0.4 is 0 Å². The van der Waals surface area contributed by atoms with Crippen LogP contribution in [0.25, 0.3) is 16.0 Å². The molecule has 0 aromatic carbocycles. The number of carbonyl (C=O) groups is 1. The third kappa shape index (κ3) is 5.69. The predicted octanol–water partition coefficient (Wildman–Crippen LogP) is 7.03. The summed E-state index contributed by atoms with van der Waals surface area (Å²) in [5.41, 5.74) is 2.13. The Labute approximate surface area is 199 Å². The van der Waals surface area contributed by atoms with Crippen molar-refractivity contribution in [2.24, 2.45) is 5.41 Å². The number of aryl methyl sites for hydroxylation is 1. The zero-order chi connectivity index (χ0) is 24.2. The van der Waals surface area contributed by atoms with Crippen LogP contribution in [0, 0.1) is 12.3 Å². The van der Waals surface area contributed by atoms with E-state index in [0.29, 0.717) is 19.3 Å². The van der Waals surface area contributed by atoms with E-state index in [4.69, 9.17) is 9.47 Å². The molecule has 0 aliphatic heterocycles. The summed E-state index contributed by atoms with van der Waals surface area (Å²) in [4.78, 5) is 19.2. The molecule has 0 N–H and O–H groups in total. The maximum absolute atomic E-state index is 13.6. The summed E-state index contributed by atoms with van der Waals surface area (Å²) < 4.78 is 38.9. The quantitative estimate of drug-likeness (QED) is 0.383. The smallest absolute Gasteiger partial charge is 0.340 e. The van der Waals surface area contributed by atoms with Gasteiger partial charge in [-0.25, -0.2) is 4.79 Å². The van der Waals surface area contributed by atoms with Crippen LogP contribution in [0.4, 0.5) is 8.78 Å². The Bertz CT molecular complexity index is 991. The van der Waals surface area contributed by atoms with E-state index in [-0.39, 0.29) is 6.61 Å². The lowest BCUT2D eigenvalue weighted by Gasteiger charge is -2.32. The van der Waals surface area contributed by atoms with Crippen LogP contribution in [0.2, 0.25) is 0 Å². The number of ether oxygens (including phenoxy) is 2. The minimum absolute atomic E-state index is 0.247. The molecule has 0 saturated carbocycles. The molecule has 1 unspecified atom stereocenters. The number of esters is 1. The lowest BCUT2D eigenvalue weighted by molar-refractivity contribution is -0.166. The largest absolute Gasteiger partial charge is 0.464 e. The molecule has 0 radical (unpaired) electrons. The first-order valence-electron chi connectivity index (χ1n) is 11.3. The first-order chi connectivity index (χ1) is 15.6. The van der Waals surface area contributed by atoms with E-state index in [1.807, 2.05) is 45.9 Å². The van der Waals surface area contributed by atoms with Gasteiger partial charge in [0.25, 0.3) is 0 Å². The zero-order valence-electron chi connectivity index (χ0n) is 20.0. The number of hydrogen-bond acceptors (Lipinski definition) is 5. The Hall–Kier alpha value is -2.12. The van der Waals surface area contributed by atoms with Gasteiger partial charge in [-0.05, 0) is 77.2 Å². The summed E-state index contributed by atoms with van der Waals surface area (Å²) in [6.45, 7) is 8.34. The van der Waals surface area contributed by atoms with Gasteiger partial charge in [0.1, 0.15) is 0 Å². The Kier molecular flexibility index (Phi) is 8.06. The number of allylic oxidation sites excluding steroid dienone is 2. The lowest BCUT2D eigenvalue weighted by atomic mass is 9.75. The fourth-order valence-corrected chi connectivity index (χ4v) is 5.37. The molecule has 2 heterocycles. The van der Waals surface area contributed by atoms with Crippen LogP contribution in [-0.4, -0.2) is 36.5 Å². The molecular weight excluding hydrogens is 444 g/mol. The molecule has 0 bridgehead atoms. The fourth-order valence-electron chi connectivity index (χ4n) is 4.14. The minimum atomic E-state index is -0.950. The maximum atomic E-state index is 13.6. The van der Waals surface area contributed by atoms with E-state index in [1.54, 1.807) is 30.7 Å². The Balaban J connectivity index is 2.21. The molecule has 3 rings (SSSR count). The van der Waals surface area contributed by atoms with Crippen molar-refractivity contribution in [3.05, 3.63) is 46.6 Å². The molecule has 180 valence electrons. The van der Waals surface area contributed by atoms with E-state index in [1.165, 1.54) is 0 Å². The highest BCUT2D eigenvalue weighted by Crippen LogP contribution is 2.49. The van der Waals surface area contributed by atoms with Crippen molar-refractivity contribution in [1.29, 1.82) is 0 Å². The lowest BCUT2D eigenvalue weighted by Crippen LogP contribution is -2.30. The normalized spacial score (nSPS) is 16.9. The van der Waals surface area contributed by atoms with Gasteiger partial charge in [0.05, 0.1) is 25.6 Å². The van der Waals surface area contributed by atoms with Crippen molar-refractivity contribution in [2.75, 3.05) is 20.0 Å². The van der Waals surface area contributed by atoms with Gasteiger partial charge >= 0.3 is 5.97 Å². The van der Waals surface area contributed by atoms with E-state index in [2.05, 4.69) is 4.98 Å². The van der Waals surface area contributed by atoms with Crippen LogP contribution in [-0.2, 0) is 14.3 Å². The van der Waals surface area contributed by atoms with E-state index >= 15 is 0 Å². The van der Waals surface area contributed by atoms with Gasteiger partial charge in [0.15, 0.2) is 6.10 Å². The van der Waals surface area contributed by atoms with Crippen LogP contribution in [0.5, 0.6) is 0 Å². The third-order valence-electron chi connectivity index (χ3n) is 5.90. The fraction of sp³-hybridized carbons (Fsp3) is 0.538. The number of hydrogen-bond donors (Lipinski definition) is 0. The molecule has 33 heavy (non-hydrogen) atoms.